The quantitative estimate of drug-likeness (QED) is 0.802. The van der Waals surface area contributed by atoms with Gasteiger partial charge >= 0.3 is 0 Å². The number of nitrogens with zero attached hydrogens (tertiary/aromatic N) is 5. The molecule has 106 valence electrons. The van der Waals surface area contributed by atoms with Crippen molar-refractivity contribution in [3.05, 3.63) is 41.9 Å². The van der Waals surface area contributed by atoms with Crippen molar-refractivity contribution in [3.8, 4) is 0 Å². The zero-order valence-electron chi connectivity index (χ0n) is 11.6. The third kappa shape index (κ3) is 2.85. The fourth-order valence-corrected chi connectivity index (χ4v) is 2.10. The predicted octanol–water partition coefficient (Wildman–Crippen LogP) is 2.88. The Hall–Kier alpha value is -2.47. The lowest BCUT2D eigenvalue weighted by atomic mass is 10.1. The number of hydrogen-bond acceptors (Lipinski definition) is 6. The highest BCUT2D eigenvalue weighted by atomic mass is 35.5. The van der Waals surface area contributed by atoms with Crippen LogP contribution in [0.3, 0.4) is 0 Å². The van der Waals surface area contributed by atoms with Crippen molar-refractivity contribution in [1.82, 2.24) is 19.9 Å². The van der Waals surface area contributed by atoms with E-state index in [0.717, 1.165) is 16.5 Å². The highest BCUT2D eigenvalue weighted by Gasteiger charge is 2.08. The van der Waals surface area contributed by atoms with Gasteiger partial charge in [-0.3, -0.25) is 4.98 Å². The van der Waals surface area contributed by atoms with Gasteiger partial charge in [0.25, 0.3) is 0 Å². The van der Waals surface area contributed by atoms with Crippen molar-refractivity contribution in [2.24, 2.45) is 0 Å². The van der Waals surface area contributed by atoms with Crippen molar-refractivity contribution in [2.75, 3.05) is 24.3 Å². The Morgan fingerprint density at radius 1 is 1.10 bits per heavy atom. The number of aromatic nitrogens is 4. The molecule has 0 fully saturated rings. The van der Waals surface area contributed by atoms with E-state index in [2.05, 4.69) is 25.3 Å². The van der Waals surface area contributed by atoms with Crippen molar-refractivity contribution in [2.45, 2.75) is 0 Å². The first-order chi connectivity index (χ1) is 10.1. The monoisotopic (exact) mass is 300 g/mol. The van der Waals surface area contributed by atoms with E-state index in [1.165, 1.54) is 0 Å². The molecule has 0 saturated carbocycles. The summed E-state index contributed by atoms with van der Waals surface area (Å²) in [7, 11) is 3.69. The maximum Gasteiger partial charge on any atom is 0.233 e. The molecule has 0 amide bonds. The van der Waals surface area contributed by atoms with Crippen LogP contribution in [0, 0.1) is 0 Å². The maximum atomic E-state index is 5.94. The summed E-state index contributed by atoms with van der Waals surface area (Å²) < 4.78 is 0. The summed E-state index contributed by atoms with van der Waals surface area (Å²) in [5, 5.41) is 5.41. The molecular weight excluding hydrogens is 288 g/mol. The SMILES string of the molecule is CN(C)c1nc(Cl)nc(Nc2cccc3cnccc23)n1. The van der Waals surface area contributed by atoms with Crippen LogP contribution in [0.4, 0.5) is 17.6 Å². The van der Waals surface area contributed by atoms with E-state index in [4.69, 9.17) is 11.6 Å². The summed E-state index contributed by atoms with van der Waals surface area (Å²) in [6.07, 6.45) is 3.56. The number of nitrogens with one attached hydrogen (secondary N) is 1. The third-order valence-electron chi connectivity index (χ3n) is 2.92. The van der Waals surface area contributed by atoms with E-state index in [1.807, 2.05) is 44.6 Å². The van der Waals surface area contributed by atoms with Crippen LogP contribution in [-0.4, -0.2) is 34.0 Å². The maximum absolute atomic E-state index is 5.94. The lowest BCUT2D eigenvalue weighted by molar-refractivity contribution is 0.961. The van der Waals surface area contributed by atoms with E-state index >= 15 is 0 Å². The van der Waals surface area contributed by atoms with Crippen LogP contribution in [0.5, 0.6) is 0 Å². The molecule has 21 heavy (non-hydrogen) atoms. The summed E-state index contributed by atoms with van der Waals surface area (Å²) in [6.45, 7) is 0. The minimum Gasteiger partial charge on any atom is -0.347 e. The second kappa shape index (κ2) is 5.49. The lowest BCUT2D eigenvalue weighted by Crippen LogP contribution is -2.14. The van der Waals surface area contributed by atoms with E-state index < -0.39 is 0 Å². The molecule has 0 unspecified atom stereocenters. The Kier molecular flexibility index (Phi) is 3.53. The predicted molar refractivity (Wildman–Crippen MR) is 84.2 cm³/mol. The Balaban J connectivity index is 2.03. The summed E-state index contributed by atoms with van der Waals surface area (Å²) in [6, 6.07) is 7.84. The van der Waals surface area contributed by atoms with Gasteiger partial charge < -0.3 is 10.2 Å². The molecule has 6 nitrogen and oxygen atoms in total. The first kappa shape index (κ1) is 13.5. The van der Waals surface area contributed by atoms with Gasteiger partial charge in [0.1, 0.15) is 0 Å². The average Bonchev–Trinajstić information content (AvgIpc) is 2.47. The number of anilines is 3. The fraction of sp³-hybridized carbons (Fsp3) is 0.143. The molecule has 0 aliphatic rings. The van der Waals surface area contributed by atoms with Crippen LogP contribution in [0.15, 0.2) is 36.7 Å². The summed E-state index contributed by atoms with van der Waals surface area (Å²) in [4.78, 5) is 18.4. The number of benzene rings is 1. The van der Waals surface area contributed by atoms with E-state index in [1.54, 1.807) is 11.1 Å². The largest absolute Gasteiger partial charge is 0.347 e. The topological polar surface area (TPSA) is 66.8 Å². The van der Waals surface area contributed by atoms with Gasteiger partial charge in [-0.1, -0.05) is 12.1 Å². The van der Waals surface area contributed by atoms with E-state index in [-0.39, 0.29) is 5.28 Å². The highest BCUT2D eigenvalue weighted by Crippen LogP contribution is 2.25. The van der Waals surface area contributed by atoms with Gasteiger partial charge in [0.15, 0.2) is 0 Å². The molecule has 0 aliphatic heterocycles. The standard InChI is InChI=1S/C14H13ClN6/c1-21(2)14-19-12(15)18-13(20-14)17-11-5-3-4-9-8-16-7-6-10(9)11/h3-8H,1-2H3,(H,17,18,19,20). The van der Waals surface area contributed by atoms with Crippen LogP contribution in [0.25, 0.3) is 10.8 Å². The van der Waals surface area contributed by atoms with Crippen molar-refractivity contribution in [1.29, 1.82) is 0 Å². The van der Waals surface area contributed by atoms with Gasteiger partial charge in [0.05, 0.1) is 0 Å². The smallest absolute Gasteiger partial charge is 0.233 e. The van der Waals surface area contributed by atoms with Gasteiger partial charge in [-0.2, -0.15) is 15.0 Å². The van der Waals surface area contributed by atoms with Crippen molar-refractivity contribution < 1.29 is 0 Å². The fourth-order valence-electron chi connectivity index (χ4n) is 1.95. The number of fused-ring (bicyclic) bond motifs is 1. The molecule has 3 rings (SSSR count). The third-order valence-corrected chi connectivity index (χ3v) is 3.09. The first-order valence-electron chi connectivity index (χ1n) is 6.32. The molecule has 0 aliphatic carbocycles. The highest BCUT2D eigenvalue weighted by molar-refractivity contribution is 6.28. The van der Waals surface area contributed by atoms with Crippen molar-refractivity contribution >= 4 is 40.0 Å². The molecule has 0 radical (unpaired) electrons. The number of halogens is 1. The number of rotatable bonds is 3. The lowest BCUT2D eigenvalue weighted by Gasteiger charge is -2.12. The minimum absolute atomic E-state index is 0.151. The molecule has 1 aromatic carbocycles. The molecule has 0 spiro atoms. The first-order valence-corrected chi connectivity index (χ1v) is 6.70. The zero-order chi connectivity index (χ0) is 14.8. The number of hydrogen-bond donors (Lipinski definition) is 1. The van der Waals surface area contributed by atoms with Crippen molar-refractivity contribution in [3.63, 3.8) is 0 Å². The Bertz CT molecular complexity index is 784. The number of pyridine rings is 1. The minimum atomic E-state index is 0.151. The molecule has 0 bridgehead atoms. The Morgan fingerprint density at radius 3 is 2.76 bits per heavy atom. The Morgan fingerprint density at radius 2 is 1.95 bits per heavy atom. The molecule has 7 heteroatoms. The van der Waals surface area contributed by atoms with Crippen LogP contribution in [0.1, 0.15) is 0 Å². The average molecular weight is 301 g/mol. The van der Waals surface area contributed by atoms with Gasteiger partial charge in [-0.15, -0.1) is 0 Å². The van der Waals surface area contributed by atoms with E-state index in [9.17, 15) is 0 Å². The molecule has 1 N–H and O–H groups in total. The molecule has 2 aromatic heterocycles. The molecule has 0 atom stereocenters. The van der Waals surface area contributed by atoms with Crippen LogP contribution in [-0.2, 0) is 0 Å². The van der Waals surface area contributed by atoms with Gasteiger partial charge in [-0.05, 0) is 23.7 Å². The summed E-state index contributed by atoms with van der Waals surface area (Å²) in [5.74, 6) is 0.905. The van der Waals surface area contributed by atoms with Gasteiger partial charge in [-0.25, -0.2) is 0 Å². The normalized spacial score (nSPS) is 10.6. The molecule has 2 heterocycles. The molecular formula is C14H13ClN6. The molecule has 0 saturated heterocycles. The van der Waals surface area contributed by atoms with Crippen LogP contribution in [0.2, 0.25) is 5.28 Å². The Labute approximate surface area is 126 Å². The van der Waals surface area contributed by atoms with Gasteiger partial charge in [0, 0.05) is 42.9 Å². The van der Waals surface area contributed by atoms with Crippen LogP contribution >= 0.6 is 11.6 Å². The van der Waals surface area contributed by atoms with Crippen LogP contribution < -0.4 is 10.2 Å². The van der Waals surface area contributed by atoms with E-state index in [0.29, 0.717) is 11.9 Å². The summed E-state index contributed by atoms with van der Waals surface area (Å²) >= 11 is 5.94. The second-order valence-corrected chi connectivity index (χ2v) is 4.99. The zero-order valence-corrected chi connectivity index (χ0v) is 12.3. The second-order valence-electron chi connectivity index (χ2n) is 4.65. The molecule has 3 aromatic rings. The summed E-state index contributed by atoms with van der Waals surface area (Å²) in [5.41, 5.74) is 0.891. The van der Waals surface area contributed by atoms with Gasteiger partial charge in [0.2, 0.25) is 17.2 Å².